The number of hydrogen-bond acceptors (Lipinski definition) is 3. The first-order valence-electron chi connectivity index (χ1n) is 9.92. The fourth-order valence-electron chi connectivity index (χ4n) is 4.11. The lowest BCUT2D eigenvalue weighted by molar-refractivity contribution is -0.149. The second-order valence-corrected chi connectivity index (χ2v) is 8.99. The first-order chi connectivity index (χ1) is 14.8. The van der Waals surface area contributed by atoms with Gasteiger partial charge in [0.15, 0.2) is 5.54 Å². The number of benzene rings is 3. The second kappa shape index (κ2) is 8.34. The van der Waals surface area contributed by atoms with E-state index < -0.39 is 17.6 Å². The molecule has 0 aromatic heterocycles. The molecule has 5 nitrogen and oxygen atoms in total. The van der Waals surface area contributed by atoms with E-state index in [1.807, 2.05) is 48.5 Å². The molecule has 0 aliphatic heterocycles. The molecule has 0 spiro atoms. The molecule has 1 N–H and O–H groups in total. The van der Waals surface area contributed by atoms with E-state index in [0.29, 0.717) is 5.56 Å². The van der Waals surface area contributed by atoms with Crippen LogP contribution in [0.2, 0.25) is 0 Å². The lowest BCUT2D eigenvalue weighted by atomic mass is 9.91. The summed E-state index contributed by atoms with van der Waals surface area (Å²) in [7, 11) is 1.46. The van der Waals surface area contributed by atoms with E-state index in [0.717, 1.165) is 30.7 Å². The number of carboxylic acid groups (broad SMARTS) is 1. The average Bonchev–Trinajstić information content (AvgIpc) is 3.10. The molecule has 0 radical (unpaired) electrons. The summed E-state index contributed by atoms with van der Waals surface area (Å²) in [5, 5.41) is 9.96. The Balaban J connectivity index is 1.57. The first kappa shape index (κ1) is 21.4. The van der Waals surface area contributed by atoms with E-state index in [2.05, 4.69) is 34.7 Å². The number of aliphatic carboxylic acids is 1. The molecule has 1 amide bonds. The Labute approximate surface area is 194 Å². The topological polar surface area (TPSA) is 66.8 Å². The van der Waals surface area contributed by atoms with Crippen molar-refractivity contribution in [2.45, 2.75) is 18.4 Å². The van der Waals surface area contributed by atoms with Gasteiger partial charge < -0.3 is 9.84 Å². The third-order valence-corrected chi connectivity index (χ3v) is 6.82. The van der Waals surface area contributed by atoms with Crippen molar-refractivity contribution in [2.75, 3.05) is 13.7 Å². The normalized spacial score (nSPS) is 14.3. The van der Waals surface area contributed by atoms with Gasteiger partial charge in [0.25, 0.3) is 0 Å². The average molecular weight is 527 g/mol. The van der Waals surface area contributed by atoms with Crippen LogP contribution < -0.4 is 0 Å². The Morgan fingerprint density at radius 2 is 1.48 bits per heavy atom. The Bertz CT molecular complexity index is 1100. The predicted octanol–water partition coefficient (Wildman–Crippen LogP) is 5.47. The van der Waals surface area contributed by atoms with Gasteiger partial charge in [-0.05, 0) is 69.5 Å². The molecule has 0 saturated carbocycles. The van der Waals surface area contributed by atoms with Crippen molar-refractivity contribution in [1.82, 2.24) is 4.90 Å². The zero-order chi connectivity index (χ0) is 22.2. The van der Waals surface area contributed by atoms with Crippen molar-refractivity contribution in [3.05, 3.63) is 93.1 Å². The van der Waals surface area contributed by atoms with Gasteiger partial charge in [-0.25, -0.2) is 9.59 Å². The molecule has 1 aliphatic carbocycles. The van der Waals surface area contributed by atoms with Crippen molar-refractivity contribution in [3.63, 3.8) is 0 Å². The molecule has 1 aliphatic rings. The maximum atomic E-state index is 13.0. The Morgan fingerprint density at radius 3 is 2.00 bits per heavy atom. The molecule has 0 saturated heterocycles. The Hall–Kier alpha value is -2.87. The Morgan fingerprint density at radius 1 is 0.968 bits per heavy atom. The van der Waals surface area contributed by atoms with Crippen LogP contribution in [0.3, 0.4) is 0 Å². The van der Waals surface area contributed by atoms with Gasteiger partial charge in [0.1, 0.15) is 6.61 Å². The van der Waals surface area contributed by atoms with Gasteiger partial charge >= 0.3 is 12.1 Å². The molecule has 31 heavy (non-hydrogen) atoms. The van der Waals surface area contributed by atoms with Gasteiger partial charge in [-0.1, -0.05) is 60.7 Å². The molecule has 0 heterocycles. The van der Waals surface area contributed by atoms with Crippen LogP contribution in [-0.2, 0) is 15.1 Å². The van der Waals surface area contributed by atoms with Crippen LogP contribution in [-0.4, -0.2) is 35.7 Å². The van der Waals surface area contributed by atoms with Gasteiger partial charge in [0, 0.05) is 16.5 Å². The smallest absolute Gasteiger partial charge is 0.410 e. The Kier molecular flexibility index (Phi) is 5.75. The van der Waals surface area contributed by atoms with E-state index in [1.165, 1.54) is 14.0 Å². The number of fused-ring (bicyclic) bond motifs is 3. The highest BCUT2D eigenvalue weighted by Gasteiger charge is 2.43. The summed E-state index contributed by atoms with van der Waals surface area (Å²) in [5.74, 6) is -1.20. The van der Waals surface area contributed by atoms with E-state index in [9.17, 15) is 14.7 Å². The third-order valence-electron chi connectivity index (χ3n) is 6.10. The van der Waals surface area contributed by atoms with Crippen molar-refractivity contribution >= 4 is 34.7 Å². The maximum absolute atomic E-state index is 13.0. The number of carbonyl (C=O) groups excluding carboxylic acids is 1. The number of amides is 1. The molecule has 1 atom stereocenters. The summed E-state index contributed by atoms with van der Waals surface area (Å²) < 4.78 is 6.65. The summed E-state index contributed by atoms with van der Waals surface area (Å²) in [4.78, 5) is 26.3. The van der Waals surface area contributed by atoms with Crippen LogP contribution in [0.5, 0.6) is 0 Å². The molecule has 3 aromatic rings. The lowest BCUT2D eigenvalue weighted by Gasteiger charge is -2.35. The van der Waals surface area contributed by atoms with Crippen LogP contribution in [0.1, 0.15) is 29.5 Å². The highest BCUT2D eigenvalue weighted by molar-refractivity contribution is 14.1. The van der Waals surface area contributed by atoms with Crippen molar-refractivity contribution in [2.24, 2.45) is 0 Å². The highest BCUT2D eigenvalue weighted by atomic mass is 127. The van der Waals surface area contributed by atoms with Gasteiger partial charge in [0.05, 0.1) is 0 Å². The van der Waals surface area contributed by atoms with Crippen molar-refractivity contribution < 1.29 is 19.4 Å². The van der Waals surface area contributed by atoms with Crippen LogP contribution in [0.4, 0.5) is 4.79 Å². The summed E-state index contributed by atoms with van der Waals surface area (Å²) in [5.41, 5.74) is 3.46. The second-order valence-electron chi connectivity index (χ2n) is 7.75. The maximum Gasteiger partial charge on any atom is 0.410 e. The summed E-state index contributed by atoms with van der Waals surface area (Å²) >= 11 is 2.16. The van der Waals surface area contributed by atoms with E-state index in [4.69, 9.17) is 4.74 Å². The number of likely N-dealkylation sites (N-methyl/N-ethyl adjacent to an activating group) is 1. The van der Waals surface area contributed by atoms with Gasteiger partial charge in [0.2, 0.25) is 0 Å². The van der Waals surface area contributed by atoms with Crippen LogP contribution in [0.15, 0.2) is 72.8 Å². The number of nitrogens with zero attached hydrogens (tertiary/aromatic N) is 1. The third kappa shape index (κ3) is 3.69. The minimum atomic E-state index is -1.55. The molecule has 4 rings (SSSR count). The number of carbonyl (C=O) groups is 2. The molecule has 158 valence electrons. The zero-order valence-electron chi connectivity index (χ0n) is 17.2. The molecule has 6 heteroatoms. The number of hydrogen-bond donors (Lipinski definition) is 1. The van der Waals surface area contributed by atoms with Crippen molar-refractivity contribution in [3.8, 4) is 11.1 Å². The van der Waals surface area contributed by atoms with Gasteiger partial charge in [-0.3, -0.25) is 4.90 Å². The first-order valence-corrected chi connectivity index (χ1v) is 11.0. The van der Waals surface area contributed by atoms with Crippen LogP contribution in [0, 0.1) is 3.57 Å². The summed E-state index contributed by atoms with van der Waals surface area (Å²) in [6.45, 7) is 1.65. The zero-order valence-corrected chi connectivity index (χ0v) is 19.4. The molecule has 1 unspecified atom stereocenters. The molecule has 0 bridgehead atoms. The van der Waals surface area contributed by atoms with E-state index in [1.54, 1.807) is 12.1 Å². The monoisotopic (exact) mass is 527 g/mol. The fourth-order valence-corrected chi connectivity index (χ4v) is 4.47. The minimum absolute atomic E-state index is 0.0841. The van der Waals surface area contributed by atoms with Crippen molar-refractivity contribution in [1.29, 1.82) is 0 Å². The van der Waals surface area contributed by atoms with Gasteiger partial charge in [-0.15, -0.1) is 0 Å². The number of carboxylic acids is 1. The highest BCUT2D eigenvalue weighted by Crippen LogP contribution is 2.44. The predicted molar refractivity (Wildman–Crippen MR) is 127 cm³/mol. The number of rotatable bonds is 5. The summed E-state index contributed by atoms with van der Waals surface area (Å²) in [6.07, 6.45) is -0.676. The summed E-state index contributed by atoms with van der Waals surface area (Å²) in [6, 6.07) is 23.3. The SMILES string of the molecule is CN(C(=O)OCC1c2ccccc2-c2ccccc21)C(C)(C(=O)O)c1ccc(I)cc1. The fraction of sp³-hybridized carbons (Fsp3) is 0.200. The molecule has 3 aromatic carbocycles. The minimum Gasteiger partial charge on any atom is -0.479 e. The molecular weight excluding hydrogens is 505 g/mol. The quantitative estimate of drug-likeness (QED) is 0.447. The number of ether oxygens (including phenoxy) is 1. The van der Waals surface area contributed by atoms with E-state index in [-0.39, 0.29) is 12.5 Å². The largest absolute Gasteiger partial charge is 0.479 e. The van der Waals surface area contributed by atoms with Crippen LogP contribution >= 0.6 is 22.6 Å². The van der Waals surface area contributed by atoms with Gasteiger partial charge in [-0.2, -0.15) is 0 Å². The van der Waals surface area contributed by atoms with E-state index >= 15 is 0 Å². The standard InChI is InChI=1S/C25H22INO4/c1-25(23(28)29,16-11-13-17(26)14-12-16)27(2)24(30)31-15-22-20-9-5-3-7-18(20)19-8-4-6-10-21(19)22/h3-14,22H,15H2,1-2H3,(H,28,29). The van der Waals surface area contributed by atoms with Crippen LogP contribution in [0.25, 0.3) is 11.1 Å². The molecular formula is C25H22INO4. The number of halogens is 1. The molecule has 0 fully saturated rings. The lowest BCUT2D eigenvalue weighted by Crippen LogP contribution is -2.51.